The number of benzene rings is 2. The van der Waals surface area contributed by atoms with E-state index in [2.05, 4.69) is 10.6 Å². The summed E-state index contributed by atoms with van der Waals surface area (Å²) >= 11 is 0. The van der Waals surface area contributed by atoms with Crippen LogP contribution in [0.2, 0.25) is 0 Å². The van der Waals surface area contributed by atoms with Crippen LogP contribution in [0, 0.1) is 0 Å². The first kappa shape index (κ1) is 36.8. The molecule has 244 valence electrons. The van der Waals surface area contributed by atoms with Gasteiger partial charge in [-0.05, 0) is 30.2 Å². The normalized spacial score (nSPS) is 13.6. The maximum Gasteiger partial charge on any atom is 0.245 e. The fourth-order valence-electron chi connectivity index (χ4n) is 4.43. The van der Waals surface area contributed by atoms with Crippen LogP contribution in [0.4, 0.5) is 0 Å². The number of hydrogen-bond donors (Lipinski definition) is 5. The molecule has 0 aromatic heterocycles. The molecule has 0 aliphatic carbocycles. The van der Waals surface area contributed by atoms with Crippen LogP contribution in [-0.2, 0) is 42.3 Å². The van der Waals surface area contributed by atoms with Gasteiger partial charge in [-0.25, -0.2) is 8.42 Å². The summed E-state index contributed by atoms with van der Waals surface area (Å²) in [6.45, 7) is 7.20. The second kappa shape index (κ2) is 18.4. The van der Waals surface area contributed by atoms with Gasteiger partial charge in [0.2, 0.25) is 27.7 Å². The molecular weight excluding hydrogens is 586 g/mol. The van der Waals surface area contributed by atoms with Gasteiger partial charge in [0, 0.05) is 45.8 Å². The molecule has 0 saturated heterocycles. The van der Waals surface area contributed by atoms with E-state index >= 15 is 0 Å². The minimum atomic E-state index is -3.62. The third-order valence-electron chi connectivity index (χ3n) is 7.02. The van der Waals surface area contributed by atoms with E-state index < -0.39 is 40.0 Å². The van der Waals surface area contributed by atoms with Crippen LogP contribution in [0.3, 0.4) is 0 Å². The third kappa shape index (κ3) is 10.9. The van der Waals surface area contributed by atoms with Crippen LogP contribution in [0.25, 0.3) is 0 Å². The molecule has 14 heteroatoms. The summed E-state index contributed by atoms with van der Waals surface area (Å²) in [5.41, 5.74) is 18.8. The topological polar surface area (TPSA) is 203 Å². The summed E-state index contributed by atoms with van der Waals surface area (Å²) in [4.78, 5) is 40.7. The average molecular weight is 634 g/mol. The molecule has 13 nitrogen and oxygen atoms in total. The standard InChI is InChI=1S/C30H47N7O6S/c1-4-37(5-2)44(41,42)25-13-11-23(12-14-25)20-34-30(40)28(22(3)43-21-24-9-7-6-8-10-24)35-29(39)26(33)19-27(38)36(17-15-31)18-16-32/h6-14,22,26,28H,4-5,15-21,31-33H2,1-3H3,(H,34,40)(H,35,39)/t22?,26-,28-/m0/s1. The Hall–Kier alpha value is -3.40. The van der Waals surface area contributed by atoms with E-state index in [9.17, 15) is 22.8 Å². The quantitative estimate of drug-likeness (QED) is 0.140. The van der Waals surface area contributed by atoms with Gasteiger partial charge in [-0.1, -0.05) is 56.3 Å². The molecule has 2 aromatic rings. The summed E-state index contributed by atoms with van der Waals surface area (Å²) in [7, 11) is -3.62. The Morgan fingerprint density at radius 2 is 1.48 bits per heavy atom. The summed E-state index contributed by atoms with van der Waals surface area (Å²) in [6.07, 6.45) is -1.06. The number of rotatable bonds is 19. The van der Waals surface area contributed by atoms with Crippen molar-refractivity contribution in [3.8, 4) is 0 Å². The van der Waals surface area contributed by atoms with Crippen molar-refractivity contribution < 1.29 is 27.5 Å². The van der Waals surface area contributed by atoms with E-state index in [1.165, 1.54) is 21.3 Å². The molecule has 8 N–H and O–H groups in total. The molecule has 44 heavy (non-hydrogen) atoms. The van der Waals surface area contributed by atoms with E-state index in [1.807, 2.05) is 30.3 Å². The van der Waals surface area contributed by atoms with Gasteiger partial charge < -0.3 is 37.5 Å². The largest absolute Gasteiger partial charge is 0.371 e. The molecule has 0 bridgehead atoms. The average Bonchev–Trinajstić information content (AvgIpc) is 3.02. The molecule has 0 aliphatic heterocycles. The molecule has 0 saturated carbocycles. The minimum absolute atomic E-state index is 0.0693. The van der Waals surface area contributed by atoms with Crippen molar-refractivity contribution in [2.75, 3.05) is 39.3 Å². The zero-order valence-corrected chi connectivity index (χ0v) is 26.6. The molecule has 3 amide bonds. The van der Waals surface area contributed by atoms with Gasteiger partial charge in [-0.2, -0.15) is 4.31 Å². The highest BCUT2D eigenvalue weighted by atomic mass is 32.2. The predicted molar refractivity (Wildman–Crippen MR) is 168 cm³/mol. The summed E-state index contributed by atoms with van der Waals surface area (Å²) < 4.78 is 32.9. The smallest absolute Gasteiger partial charge is 0.245 e. The molecule has 0 heterocycles. The Morgan fingerprint density at radius 1 is 0.886 bits per heavy atom. The van der Waals surface area contributed by atoms with E-state index in [4.69, 9.17) is 21.9 Å². The highest BCUT2D eigenvalue weighted by Gasteiger charge is 2.31. The van der Waals surface area contributed by atoms with Crippen LogP contribution in [0.15, 0.2) is 59.5 Å². The number of amides is 3. The van der Waals surface area contributed by atoms with Gasteiger partial charge in [0.05, 0.1) is 30.1 Å². The Morgan fingerprint density at radius 3 is 2.02 bits per heavy atom. The Kier molecular flexibility index (Phi) is 15.4. The Bertz CT molecular complexity index is 1280. The lowest BCUT2D eigenvalue weighted by atomic mass is 10.1. The van der Waals surface area contributed by atoms with Crippen LogP contribution >= 0.6 is 0 Å². The number of nitrogens with zero attached hydrogens (tertiary/aromatic N) is 2. The fraction of sp³-hybridized carbons (Fsp3) is 0.500. The van der Waals surface area contributed by atoms with Crippen molar-refractivity contribution in [2.45, 2.75) is 63.4 Å². The molecule has 0 radical (unpaired) electrons. The molecule has 2 aromatic carbocycles. The van der Waals surface area contributed by atoms with E-state index in [0.29, 0.717) is 18.7 Å². The highest BCUT2D eigenvalue weighted by molar-refractivity contribution is 7.89. The first-order valence-electron chi connectivity index (χ1n) is 14.7. The lowest BCUT2D eigenvalue weighted by molar-refractivity contribution is -0.136. The fourth-order valence-corrected chi connectivity index (χ4v) is 5.89. The number of ether oxygens (including phenoxy) is 1. The summed E-state index contributed by atoms with van der Waals surface area (Å²) in [5, 5.41) is 5.43. The second-order valence-corrected chi connectivity index (χ2v) is 12.1. The maximum atomic E-state index is 13.4. The first-order valence-corrected chi connectivity index (χ1v) is 16.2. The number of nitrogens with two attached hydrogens (primary N) is 3. The van der Waals surface area contributed by atoms with Gasteiger partial charge in [-0.3, -0.25) is 14.4 Å². The SMILES string of the molecule is CCN(CC)S(=O)(=O)c1ccc(CNC(=O)[C@@H](NC(=O)[C@@H](N)CC(=O)N(CCN)CCN)C(C)OCc2ccccc2)cc1. The monoisotopic (exact) mass is 633 g/mol. The summed E-state index contributed by atoms with van der Waals surface area (Å²) in [6, 6.07) is 13.2. The van der Waals surface area contributed by atoms with Gasteiger partial charge in [0.25, 0.3) is 0 Å². The molecule has 0 fully saturated rings. The second-order valence-electron chi connectivity index (χ2n) is 10.2. The zero-order valence-electron chi connectivity index (χ0n) is 25.8. The predicted octanol–water partition coefficient (Wildman–Crippen LogP) is -0.113. The van der Waals surface area contributed by atoms with Crippen molar-refractivity contribution in [3.63, 3.8) is 0 Å². The molecule has 1 unspecified atom stereocenters. The van der Waals surface area contributed by atoms with Crippen molar-refractivity contribution >= 4 is 27.7 Å². The number of hydrogen-bond acceptors (Lipinski definition) is 9. The van der Waals surface area contributed by atoms with Crippen LogP contribution in [0.1, 0.15) is 38.3 Å². The van der Waals surface area contributed by atoms with E-state index in [-0.39, 0.29) is 56.6 Å². The van der Waals surface area contributed by atoms with Gasteiger partial charge >= 0.3 is 0 Å². The maximum absolute atomic E-state index is 13.4. The molecular formula is C30H47N7O6S. The van der Waals surface area contributed by atoms with Gasteiger partial charge in [-0.15, -0.1) is 0 Å². The Balaban J connectivity index is 2.14. The zero-order chi connectivity index (χ0) is 32.7. The van der Waals surface area contributed by atoms with Crippen LogP contribution in [-0.4, -0.2) is 92.8 Å². The van der Waals surface area contributed by atoms with Crippen molar-refractivity contribution in [2.24, 2.45) is 17.2 Å². The first-order chi connectivity index (χ1) is 21.0. The molecule has 3 atom stereocenters. The third-order valence-corrected chi connectivity index (χ3v) is 9.08. The van der Waals surface area contributed by atoms with Gasteiger partial charge in [0.1, 0.15) is 6.04 Å². The molecule has 0 spiro atoms. The van der Waals surface area contributed by atoms with E-state index in [1.54, 1.807) is 32.9 Å². The highest BCUT2D eigenvalue weighted by Crippen LogP contribution is 2.16. The van der Waals surface area contributed by atoms with Crippen molar-refractivity contribution in [1.82, 2.24) is 19.8 Å². The van der Waals surface area contributed by atoms with Gasteiger partial charge in [0.15, 0.2) is 0 Å². The van der Waals surface area contributed by atoms with Crippen molar-refractivity contribution in [1.29, 1.82) is 0 Å². The number of carbonyl (C=O) groups is 3. The minimum Gasteiger partial charge on any atom is -0.371 e. The van der Waals surface area contributed by atoms with Crippen LogP contribution in [0.5, 0.6) is 0 Å². The lowest BCUT2D eigenvalue weighted by Gasteiger charge is -2.27. The van der Waals surface area contributed by atoms with Crippen LogP contribution < -0.4 is 27.8 Å². The number of nitrogens with one attached hydrogen (secondary N) is 2. The van der Waals surface area contributed by atoms with E-state index in [0.717, 1.165) is 5.56 Å². The molecule has 2 rings (SSSR count). The molecule has 0 aliphatic rings. The van der Waals surface area contributed by atoms with Crippen molar-refractivity contribution in [3.05, 3.63) is 65.7 Å². The number of carbonyl (C=O) groups excluding carboxylic acids is 3. The number of sulfonamides is 1. The summed E-state index contributed by atoms with van der Waals surface area (Å²) in [5.74, 6) is -1.60. The Labute approximate surface area is 260 Å². The lowest BCUT2D eigenvalue weighted by Crippen LogP contribution is -2.57.